The van der Waals surface area contributed by atoms with Crippen LogP contribution in [0.25, 0.3) is 10.9 Å². The monoisotopic (exact) mass is 534 g/mol. The average molecular weight is 535 g/mol. The fourth-order valence-electron chi connectivity index (χ4n) is 5.68. The number of carbonyl (C=O) groups is 3. The maximum atomic E-state index is 13.5. The van der Waals surface area contributed by atoms with Crippen LogP contribution in [0.3, 0.4) is 0 Å². The number of rotatable bonds is 7. The highest BCUT2D eigenvalue weighted by atomic mass is 19.4. The van der Waals surface area contributed by atoms with Gasteiger partial charge in [-0.3, -0.25) is 14.4 Å². The number of hydrogen-bond acceptors (Lipinski definition) is 3. The standard InChI is InChI=1S/C28H37F3N4O3/c1-4-16(2)24(27(38)32-15-18-10-12-35(13-11-18)17(3)36)34-26(37)19-8-9-23-21(14-19)20-6-5-7-22(25(20)33-23)28(29,30)31/h5-7,16,18-19,24,33H,4,8-15H2,1-3H3,(H,32,38)(H,34,37)/t16?,19?,24-/m0/s1. The number of carbonyl (C=O) groups excluding carboxylic acids is 3. The Morgan fingerprint density at radius 2 is 1.87 bits per heavy atom. The number of fused-ring (bicyclic) bond motifs is 3. The summed E-state index contributed by atoms with van der Waals surface area (Å²) in [5.74, 6) is -0.628. The smallest absolute Gasteiger partial charge is 0.358 e. The fourth-order valence-corrected chi connectivity index (χ4v) is 5.68. The van der Waals surface area contributed by atoms with E-state index in [0.717, 1.165) is 30.2 Å². The van der Waals surface area contributed by atoms with E-state index in [1.165, 1.54) is 6.07 Å². The maximum Gasteiger partial charge on any atom is 0.418 e. The van der Waals surface area contributed by atoms with Gasteiger partial charge in [0.2, 0.25) is 17.7 Å². The van der Waals surface area contributed by atoms with Gasteiger partial charge in [0, 0.05) is 43.6 Å². The highest BCUT2D eigenvalue weighted by molar-refractivity contribution is 5.91. The van der Waals surface area contributed by atoms with Crippen molar-refractivity contribution in [3.63, 3.8) is 0 Å². The molecule has 38 heavy (non-hydrogen) atoms. The SMILES string of the molecule is CCC(C)[C@H](NC(=O)C1CCc2[nH]c3c(C(F)(F)F)cccc3c2C1)C(=O)NCC1CCN(C(C)=O)CC1. The quantitative estimate of drug-likeness (QED) is 0.497. The lowest BCUT2D eigenvalue weighted by Gasteiger charge is -2.32. The second-order valence-electron chi connectivity index (χ2n) is 10.8. The Balaban J connectivity index is 1.40. The molecule has 3 amide bonds. The van der Waals surface area contributed by atoms with Crippen LogP contribution in [0, 0.1) is 17.8 Å². The van der Waals surface area contributed by atoms with Gasteiger partial charge in [0.15, 0.2) is 0 Å². The summed E-state index contributed by atoms with van der Waals surface area (Å²) in [5.41, 5.74) is 0.856. The first-order valence-electron chi connectivity index (χ1n) is 13.5. The normalized spacial score (nSPS) is 20.1. The number of nitrogens with one attached hydrogen (secondary N) is 3. The van der Waals surface area contributed by atoms with E-state index in [1.807, 2.05) is 18.7 Å². The predicted molar refractivity (Wildman–Crippen MR) is 138 cm³/mol. The van der Waals surface area contributed by atoms with Crippen molar-refractivity contribution >= 4 is 28.6 Å². The number of aromatic amines is 1. The maximum absolute atomic E-state index is 13.5. The van der Waals surface area contributed by atoms with E-state index in [4.69, 9.17) is 0 Å². The first-order valence-corrected chi connectivity index (χ1v) is 13.5. The molecule has 1 aliphatic carbocycles. The molecule has 2 unspecified atom stereocenters. The van der Waals surface area contributed by atoms with Crippen molar-refractivity contribution in [3.8, 4) is 0 Å². The van der Waals surface area contributed by atoms with E-state index >= 15 is 0 Å². The number of hydrogen-bond donors (Lipinski definition) is 3. The van der Waals surface area contributed by atoms with Gasteiger partial charge in [-0.25, -0.2) is 0 Å². The first kappa shape index (κ1) is 28.0. The number of aromatic nitrogens is 1. The van der Waals surface area contributed by atoms with Gasteiger partial charge in [-0.05, 0) is 55.6 Å². The highest BCUT2D eigenvalue weighted by Gasteiger charge is 2.36. The number of para-hydroxylation sites is 1. The lowest BCUT2D eigenvalue weighted by atomic mass is 9.85. The van der Waals surface area contributed by atoms with Gasteiger partial charge >= 0.3 is 6.18 Å². The number of aryl methyl sites for hydroxylation is 1. The van der Waals surface area contributed by atoms with Gasteiger partial charge in [0.1, 0.15) is 6.04 Å². The Labute approximate surface area is 220 Å². The van der Waals surface area contributed by atoms with Crippen LogP contribution < -0.4 is 10.6 Å². The Bertz CT molecular complexity index is 1180. The molecule has 7 nitrogen and oxygen atoms in total. The van der Waals surface area contributed by atoms with Crippen molar-refractivity contribution in [2.24, 2.45) is 17.8 Å². The number of H-pyrrole nitrogens is 1. The Hall–Kier alpha value is -3.04. The molecule has 1 aliphatic heterocycles. The molecule has 1 aromatic carbocycles. The number of amides is 3. The predicted octanol–water partition coefficient (Wildman–Crippen LogP) is 4.20. The summed E-state index contributed by atoms with van der Waals surface area (Å²) in [6.45, 7) is 7.32. The molecule has 1 fully saturated rings. The van der Waals surface area contributed by atoms with Crippen molar-refractivity contribution in [1.82, 2.24) is 20.5 Å². The Morgan fingerprint density at radius 3 is 2.50 bits per heavy atom. The van der Waals surface area contributed by atoms with Crippen LogP contribution >= 0.6 is 0 Å². The number of likely N-dealkylation sites (tertiary alicyclic amines) is 1. The molecule has 0 spiro atoms. The molecule has 2 aliphatic rings. The summed E-state index contributed by atoms with van der Waals surface area (Å²) in [4.78, 5) is 42.8. The molecule has 3 N–H and O–H groups in total. The molecular weight excluding hydrogens is 497 g/mol. The zero-order valence-corrected chi connectivity index (χ0v) is 22.2. The zero-order chi connectivity index (χ0) is 27.6. The molecule has 10 heteroatoms. The van der Waals surface area contributed by atoms with E-state index in [-0.39, 0.29) is 35.1 Å². The molecule has 0 saturated carbocycles. The van der Waals surface area contributed by atoms with Gasteiger partial charge in [-0.15, -0.1) is 0 Å². The number of alkyl halides is 3. The third kappa shape index (κ3) is 5.99. The van der Waals surface area contributed by atoms with Crippen LogP contribution in [0.2, 0.25) is 0 Å². The summed E-state index contributed by atoms with van der Waals surface area (Å²) in [6.07, 6.45) is -0.824. The third-order valence-corrected chi connectivity index (χ3v) is 8.32. The van der Waals surface area contributed by atoms with Crippen molar-refractivity contribution in [2.75, 3.05) is 19.6 Å². The summed E-state index contributed by atoms with van der Waals surface area (Å²) in [7, 11) is 0. The Kier molecular flexibility index (Phi) is 8.37. The molecule has 2 heterocycles. The number of nitrogens with zero attached hydrogens (tertiary/aromatic N) is 1. The second-order valence-corrected chi connectivity index (χ2v) is 10.8. The minimum absolute atomic E-state index is 0.0651. The molecule has 1 aromatic heterocycles. The van der Waals surface area contributed by atoms with Crippen LogP contribution in [0.4, 0.5) is 13.2 Å². The van der Waals surface area contributed by atoms with E-state index in [0.29, 0.717) is 50.7 Å². The second kappa shape index (κ2) is 11.4. The molecule has 1 saturated heterocycles. The van der Waals surface area contributed by atoms with Gasteiger partial charge in [-0.2, -0.15) is 13.2 Å². The van der Waals surface area contributed by atoms with Gasteiger partial charge < -0.3 is 20.5 Å². The molecule has 0 bridgehead atoms. The molecule has 3 atom stereocenters. The number of benzene rings is 1. The zero-order valence-electron chi connectivity index (χ0n) is 22.2. The van der Waals surface area contributed by atoms with Gasteiger partial charge in [0.05, 0.1) is 11.1 Å². The van der Waals surface area contributed by atoms with Crippen LogP contribution in [0.1, 0.15) is 63.3 Å². The fraction of sp³-hybridized carbons (Fsp3) is 0.607. The highest BCUT2D eigenvalue weighted by Crippen LogP contribution is 2.39. The summed E-state index contributed by atoms with van der Waals surface area (Å²) in [5, 5.41) is 6.47. The molecule has 208 valence electrons. The van der Waals surface area contributed by atoms with Gasteiger partial charge in [0.25, 0.3) is 0 Å². The first-order chi connectivity index (χ1) is 18.0. The molecule has 2 aromatic rings. The third-order valence-electron chi connectivity index (χ3n) is 8.32. The topological polar surface area (TPSA) is 94.3 Å². The van der Waals surface area contributed by atoms with Gasteiger partial charge in [-0.1, -0.05) is 32.4 Å². The molecule has 0 radical (unpaired) electrons. The summed E-state index contributed by atoms with van der Waals surface area (Å²) >= 11 is 0. The van der Waals surface area contributed by atoms with E-state index < -0.39 is 23.7 Å². The van der Waals surface area contributed by atoms with Crippen LogP contribution in [0.5, 0.6) is 0 Å². The molecule has 4 rings (SSSR count). The lowest BCUT2D eigenvalue weighted by molar-refractivity contribution is -0.136. The number of halogens is 3. The Morgan fingerprint density at radius 1 is 1.16 bits per heavy atom. The summed E-state index contributed by atoms with van der Waals surface area (Å²) < 4.78 is 40.5. The van der Waals surface area contributed by atoms with E-state index in [2.05, 4.69) is 15.6 Å². The minimum Gasteiger partial charge on any atom is -0.358 e. The van der Waals surface area contributed by atoms with Crippen LogP contribution in [-0.4, -0.2) is 53.3 Å². The van der Waals surface area contributed by atoms with Crippen molar-refractivity contribution in [2.45, 2.75) is 71.5 Å². The largest absolute Gasteiger partial charge is 0.418 e. The van der Waals surface area contributed by atoms with Crippen molar-refractivity contribution in [1.29, 1.82) is 0 Å². The van der Waals surface area contributed by atoms with Crippen LogP contribution in [-0.2, 0) is 33.4 Å². The average Bonchev–Trinajstić information content (AvgIpc) is 3.27. The molecular formula is C28H37F3N4O3. The minimum atomic E-state index is -4.47. The van der Waals surface area contributed by atoms with E-state index in [9.17, 15) is 27.6 Å². The van der Waals surface area contributed by atoms with Crippen LogP contribution in [0.15, 0.2) is 18.2 Å². The lowest BCUT2D eigenvalue weighted by Crippen LogP contribution is -2.53. The van der Waals surface area contributed by atoms with Crippen molar-refractivity contribution in [3.05, 3.63) is 35.0 Å². The van der Waals surface area contributed by atoms with Crippen molar-refractivity contribution < 1.29 is 27.6 Å². The number of piperidine rings is 1. The summed E-state index contributed by atoms with van der Waals surface area (Å²) in [6, 6.07) is 3.44. The van der Waals surface area contributed by atoms with E-state index in [1.54, 1.807) is 13.0 Å².